The molecule has 5 rings (SSSR count). The number of aryl methyl sites for hydroxylation is 1. The first-order valence-corrected chi connectivity index (χ1v) is 8.88. The van der Waals surface area contributed by atoms with Crippen LogP contribution in [0.3, 0.4) is 0 Å². The first kappa shape index (κ1) is 16.6. The predicted octanol–water partition coefficient (Wildman–Crippen LogP) is 1.97. The van der Waals surface area contributed by atoms with Crippen molar-refractivity contribution >= 4 is 11.8 Å². The van der Waals surface area contributed by atoms with Crippen molar-refractivity contribution in [2.45, 2.75) is 32.0 Å². The molecule has 2 bridgehead atoms. The maximum Gasteiger partial charge on any atom is 0.318 e. The number of piperidine rings is 1. The van der Waals surface area contributed by atoms with Crippen molar-refractivity contribution in [2.24, 2.45) is 0 Å². The van der Waals surface area contributed by atoms with Crippen molar-refractivity contribution in [3.8, 4) is 5.75 Å². The number of hydrogen-bond acceptors (Lipinski definition) is 5. The molecular weight excluding hydrogens is 330 g/mol. The quantitative estimate of drug-likeness (QED) is 0.910. The van der Waals surface area contributed by atoms with E-state index in [0.29, 0.717) is 6.54 Å². The molecule has 0 aliphatic carbocycles. The van der Waals surface area contributed by atoms with E-state index in [1.807, 2.05) is 42.2 Å². The summed E-state index contributed by atoms with van der Waals surface area (Å²) in [6, 6.07) is 10.2. The molecule has 1 aromatic heterocycles. The number of ether oxygens (including phenoxy) is 1. The van der Waals surface area contributed by atoms with E-state index in [1.165, 1.54) is 0 Å². The zero-order valence-corrected chi connectivity index (χ0v) is 15.1. The van der Waals surface area contributed by atoms with Crippen LogP contribution >= 0.6 is 0 Å². The lowest BCUT2D eigenvalue weighted by Crippen LogP contribution is -2.71. The number of nitrogens with one attached hydrogen (secondary N) is 1. The minimum atomic E-state index is 0.0144. The molecule has 7 heteroatoms. The van der Waals surface area contributed by atoms with Crippen LogP contribution in [-0.4, -0.2) is 53.2 Å². The Labute approximate surface area is 153 Å². The number of carbonyl (C=O) groups excluding carboxylic acids is 1. The van der Waals surface area contributed by atoms with Gasteiger partial charge in [0.15, 0.2) is 0 Å². The van der Waals surface area contributed by atoms with Gasteiger partial charge in [-0.05, 0) is 37.1 Å². The lowest BCUT2D eigenvalue weighted by atomic mass is 9.88. The third-order valence-electron chi connectivity index (χ3n) is 5.12. The molecule has 0 saturated carbocycles. The highest BCUT2D eigenvalue weighted by molar-refractivity contribution is 5.76. The number of hydrogen-bond donors (Lipinski definition) is 1. The Morgan fingerprint density at radius 3 is 2.62 bits per heavy atom. The first-order valence-electron chi connectivity index (χ1n) is 8.88. The molecule has 3 saturated heterocycles. The largest absolute Gasteiger partial charge is 0.497 e. The molecule has 0 spiro atoms. The van der Waals surface area contributed by atoms with Gasteiger partial charge in [0.2, 0.25) is 0 Å². The van der Waals surface area contributed by atoms with E-state index in [2.05, 4.69) is 20.2 Å². The molecule has 2 amide bonds. The number of aromatic nitrogens is 2. The van der Waals surface area contributed by atoms with E-state index >= 15 is 0 Å². The molecule has 26 heavy (non-hydrogen) atoms. The van der Waals surface area contributed by atoms with Crippen LogP contribution < -0.4 is 15.0 Å². The molecule has 2 atom stereocenters. The summed E-state index contributed by atoms with van der Waals surface area (Å²) in [6.07, 6.45) is 2.85. The topological polar surface area (TPSA) is 70.6 Å². The van der Waals surface area contributed by atoms with E-state index in [4.69, 9.17) is 4.74 Å². The Hall–Kier alpha value is -2.83. The summed E-state index contributed by atoms with van der Waals surface area (Å²) < 4.78 is 5.15. The Morgan fingerprint density at radius 1 is 1.23 bits per heavy atom. The SMILES string of the molecule is COc1ccc(CNC(=O)N2C3CC2CN(c2ccnc(C)n2)C3)cc1. The number of fused-ring (bicyclic) bond motifs is 2. The molecule has 4 heterocycles. The summed E-state index contributed by atoms with van der Waals surface area (Å²) in [5, 5.41) is 3.03. The summed E-state index contributed by atoms with van der Waals surface area (Å²) in [5.74, 6) is 2.54. The second-order valence-corrected chi connectivity index (χ2v) is 6.82. The molecule has 3 aliphatic rings. The number of piperazine rings is 1. The van der Waals surface area contributed by atoms with E-state index in [9.17, 15) is 4.79 Å². The van der Waals surface area contributed by atoms with Crippen molar-refractivity contribution in [2.75, 3.05) is 25.1 Å². The van der Waals surface area contributed by atoms with Crippen molar-refractivity contribution in [3.63, 3.8) is 0 Å². The summed E-state index contributed by atoms with van der Waals surface area (Å²) in [6.45, 7) is 4.06. The van der Waals surface area contributed by atoms with Gasteiger partial charge in [0, 0.05) is 25.8 Å². The van der Waals surface area contributed by atoms with Gasteiger partial charge in [-0.2, -0.15) is 0 Å². The summed E-state index contributed by atoms with van der Waals surface area (Å²) in [7, 11) is 1.64. The smallest absolute Gasteiger partial charge is 0.318 e. The Morgan fingerprint density at radius 2 is 1.96 bits per heavy atom. The minimum absolute atomic E-state index is 0.0144. The maximum absolute atomic E-state index is 12.6. The number of carbonyl (C=O) groups is 1. The maximum atomic E-state index is 12.6. The monoisotopic (exact) mass is 353 g/mol. The molecule has 3 fully saturated rings. The fraction of sp³-hybridized carbons (Fsp3) is 0.421. The van der Waals surface area contributed by atoms with Gasteiger partial charge in [0.1, 0.15) is 17.4 Å². The number of nitrogens with zero attached hydrogens (tertiary/aromatic N) is 4. The van der Waals surface area contributed by atoms with Crippen LogP contribution in [-0.2, 0) is 6.54 Å². The predicted molar refractivity (Wildman–Crippen MR) is 98.2 cm³/mol. The molecule has 2 aromatic rings. The minimum Gasteiger partial charge on any atom is -0.497 e. The van der Waals surface area contributed by atoms with Gasteiger partial charge in [0.05, 0.1) is 19.2 Å². The molecule has 1 N–H and O–H groups in total. The van der Waals surface area contributed by atoms with Gasteiger partial charge < -0.3 is 19.9 Å². The number of benzene rings is 1. The third kappa shape index (κ3) is 3.16. The van der Waals surface area contributed by atoms with Gasteiger partial charge in [0.25, 0.3) is 0 Å². The van der Waals surface area contributed by atoms with Gasteiger partial charge >= 0.3 is 6.03 Å². The van der Waals surface area contributed by atoms with E-state index < -0.39 is 0 Å². The number of anilines is 1. The second kappa shape index (κ2) is 6.82. The number of amides is 2. The Bertz CT molecular complexity index is 783. The molecule has 136 valence electrons. The van der Waals surface area contributed by atoms with Gasteiger partial charge in [-0.1, -0.05) is 12.1 Å². The van der Waals surface area contributed by atoms with Crippen LogP contribution in [0.15, 0.2) is 36.5 Å². The van der Waals surface area contributed by atoms with Crippen LogP contribution in [0.25, 0.3) is 0 Å². The van der Waals surface area contributed by atoms with E-state index in [0.717, 1.165) is 42.5 Å². The lowest BCUT2D eigenvalue weighted by Gasteiger charge is -2.56. The lowest BCUT2D eigenvalue weighted by molar-refractivity contribution is 0.0365. The van der Waals surface area contributed by atoms with Gasteiger partial charge in [-0.25, -0.2) is 14.8 Å². The molecule has 2 unspecified atom stereocenters. The fourth-order valence-corrected chi connectivity index (χ4v) is 3.76. The van der Waals surface area contributed by atoms with E-state index in [1.54, 1.807) is 13.3 Å². The van der Waals surface area contributed by atoms with Crippen molar-refractivity contribution in [1.29, 1.82) is 0 Å². The highest BCUT2D eigenvalue weighted by Crippen LogP contribution is 2.34. The highest BCUT2D eigenvalue weighted by Gasteiger charge is 2.47. The summed E-state index contributed by atoms with van der Waals surface area (Å²) in [4.78, 5) is 25.5. The zero-order chi connectivity index (χ0) is 18.1. The average molecular weight is 353 g/mol. The standard InChI is InChI=1S/C19H23N5O2/c1-13-20-8-7-18(22-13)23-11-15-9-16(12-23)24(15)19(25)21-10-14-3-5-17(26-2)6-4-14/h3-8,15-16H,9-12H2,1-2H3,(H,21,25). The molecule has 3 aliphatic heterocycles. The van der Waals surface area contributed by atoms with Crippen molar-refractivity contribution in [3.05, 3.63) is 47.9 Å². The Balaban J connectivity index is 1.33. The molecule has 1 aromatic carbocycles. The Kier molecular flexibility index (Phi) is 4.36. The molecule has 7 nitrogen and oxygen atoms in total. The average Bonchev–Trinajstić information content (AvgIpc) is 2.67. The normalized spacial score (nSPS) is 21.2. The number of rotatable bonds is 4. The van der Waals surface area contributed by atoms with Crippen LogP contribution in [0.4, 0.5) is 10.6 Å². The van der Waals surface area contributed by atoms with Crippen molar-refractivity contribution < 1.29 is 9.53 Å². The fourth-order valence-electron chi connectivity index (χ4n) is 3.76. The zero-order valence-electron chi connectivity index (χ0n) is 15.1. The third-order valence-corrected chi connectivity index (χ3v) is 5.12. The van der Waals surface area contributed by atoms with Gasteiger partial charge in [-0.3, -0.25) is 0 Å². The highest BCUT2D eigenvalue weighted by atomic mass is 16.5. The van der Waals surface area contributed by atoms with Crippen LogP contribution in [0.1, 0.15) is 17.8 Å². The number of methoxy groups -OCH3 is 1. The van der Waals surface area contributed by atoms with Gasteiger partial charge in [-0.15, -0.1) is 0 Å². The van der Waals surface area contributed by atoms with Crippen LogP contribution in [0.5, 0.6) is 5.75 Å². The number of urea groups is 1. The first-order chi connectivity index (χ1) is 12.6. The summed E-state index contributed by atoms with van der Waals surface area (Å²) >= 11 is 0. The van der Waals surface area contributed by atoms with E-state index in [-0.39, 0.29) is 18.1 Å². The molecule has 0 radical (unpaired) electrons. The second-order valence-electron chi connectivity index (χ2n) is 6.82. The van der Waals surface area contributed by atoms with Crippen molar-refractivity contribution in [1.82, 2.24) is 20.2 Å². The molecular formula is C19H23N5O2. The summed E-state index contributed by atoms with van der Waals surface area (Å²) in [5.41, 5.74) is 1.06. The van der Waals surface area contributed by atoms with Crippen LogP contribution in [0.2, 0.25) is 0 Å². The van der Waals surface area contributed by atoms with Crippen LogP contribution in [0, 0.1) is 6.92 Å².